The van der Waals surface area contributed by atoms with Crippen LogP contribution in [0.5, 0.6) is 0 Å². The lowest BCUT2D eigenvalue weighted by Crippen LogP contribution is -2.42. The third-order valence-electron chi connectivity index (χ3n) is 5.65. The van der Waals surface area contributed by atoms with Gasteiger partial charge in [-0.3, -0.25) is 4.79 Å². The molecule has 2 aromatic rings. The van der Waals surface area contributed by atoms with Crippen LogP contribution in [-0.4, -0.2) is 40.7 Å². The van der Waals surface area contributed by atoms with E-state index in [1.165, 1.54) is 31.2 Å². The number of halogens is 6. The molecule has 0 saturated carbocycles. The summed E-state index contributed by atoms with van der Waals surface area (Å²) >= 11 is 15.5. The number of esters is 2. The van der Waals surface area contributed by atoms with E-state index >= 15 is 0 Å². The predicted molar refractivity (Wildman–Crippen MR) is 140 cm³/mol. The molecule has 1 N–H and O–H groups in total. The van der Waals surface area contributed by atoms with Crippen molar-refractivity contribution in [2.24, 2.45) is 0 Å². The number of hydrogen-bond acceptors (Lipinski definition) is 6. The van der Waals surface area contributed by atoms with Gasteiger partial charge in [-0.05, 0) is 85.1 Å². The molecule has 1 heterocycles. The van der Waals surface area contributed by atoms with Crippen LogP contribution >= 0.6 is 50.9 Å². The quantitative estimate of drug-likeness (QED) is 0.342. The molecule has 0 radical (unpaired) electrons. The summed E-state index contributed by atoms with van der Waals surface area (Å²) in [5, 5.41) is 10.1. The summed E-state index contributed by atoms with van der Waals surface area (Å²) in [6, 6.07) is 7.45. The Bertz CT molecular complexity index is 1200. The molecule has 1 saturated heterocycles. The number of aliphatic hydroxyl groups is 1. The maximum Gasteiger partial charge on any atom is 0.407 e. The molecule has 1 aliphatic heterocycles. The Hall–Kier alpha value is -1.46. The van der Waals surface area contributed by atoms with Crippen LogP contribution in [0.15, 0.2) is 40.9 Å². The average molecular weight is 644 g/mol. The minimum absolute atomic E-state index is 0.0171. The van der Waals surface area contributed by atoms with Crippen LogP contribution in [0.1, 0.15) is 55.6 Å². The van der Waals surface area contributed by atoms with Crippen molar-refractivity contribution in [3.63, 3.8) is 0 Å². The van der Waals surface area contributed by atoms with Crippen LogP contribution in [0.4, 0.5) is 13.2 Å². The molecule has 0 aliphatic carbocycles. The SMILES string of the molecule is CCOC(=O)C1SC(c2cc(Cl)cc(Cl)c2)(C(F)(F)F)CC1(O)c1ccc(C(=O)OC(C)(C)C)c(Br)c1. The fourth-order valence-electron chi connectivity index (χ4n) is 4.10. The molecule has 202 valence electrons. The van der Waals surface area contributed by atoms with Crippen molar-refractivity contribution in [1.82, 2.24) is 0 Å². The van der Waals surface area contributed by atoms with Gasteiger partial charge >= 0.3 is 18.1 Å². The summed E-state index contributed by atoms with van der Waals surface area (Å²) in [6.45, 7) is 6.48. The van der Waals surface area contributed by atoms with Crippen LogP contribution < -0.4 is 0 Å². The van der Waals surface area contributed by atoms with Crippen molar-refractivity contribution in [2.75, 3.05) is 6.61 Å². The summed E-state index contributed by atoms with van der Waals surface area (Å²) in [6.07, 6.45) is -5.86. The smallest absolute Gasteiger partial charge is 0.407 e. The van der Waals surface area contributed by atoms with Crippen LogP contribution in [-0.2, 0) is 24.6 Å². The first-order valence-electron chi connectivity index (χ1n) is 11.1. The highest BCUT2D eigenvalue weighted by molar-refractivity contribution is 9.10. The van der Waals surface area contributed by atoms with Gasteiger partial charge in [0.1, 0.15) is 21.2 Å². The predicted octanol–water partition coefficient (Wildman–Crippen LogP) is 7.43. The van der Waals surface area contributed by atoms with E-state index in [1.54, 1.807) is 20.8 Å². The fourth-order valence-corrected chi connectivity index (χ4v) is 6.84. The van der Waals surface area contributed by atoms with Gasteiger partial charge in [0.15, 0.2) is 0 Å². The summed E-state index contributed by atoms with van der Waals surface area (Å²) in [5.74, 6) is -1.68. The van der Waals surface area contributed by atoms with E-state index in [0.717, 1.165) is 12.1 Å². The molecule has 1 aliphatic rings. The molecule has 0 amide bonds. The standard InChI is InChI=1S/C25H24BrCl2F3O5S/c1-5-35-21(33)19-23(34,13-6-7-17(18(26)10-13)20(32)36-22(2,3)4)12-24(37-19,25(29,30)31)14-8-15(27)11-16(28)9-14/h6-11,19,34H,5,12H2,1-4H3. The van der Waals surface area contributed by atoms with Crippen LogP contribution in [0.2, 0.25) is 10.0 Å². The summed E-state index contributed by atoms with van der Waals surface area (Å²) < 4.78 is 52.3. The lowest BCUT2D eigenvalue weighted by molar-refractivity contribution is -0.174. The lowest BCUT2D eigenvalue weighted by atomic mass is 9.79. The Labute approximate surface area is 235 Å². The van der Waals surface area contributed by atoms with Gasteiger partial charge in [-0.2, -0.15) is 13.2 Å². The molecule has 0 spiro atoms. The van der Waals surface area contributed by atoms with Gasteiger partial charge in [0.05, 0.1) is 12.2 Å². The first kappa shape index (κ1) is 30.1. The highest BCUT2D eigenvalue weighted by atomic mass is 79.9. The molecule has 3 rings (SSSR count). The Morgan fingerprint density at radius 2 is 1.70 bits per heavy atom. The van der Waals surface area contributed by atoms with E-state index < -0.39 is 45.7 Å². The van der Waals surface area contributed by atoms with Gasteiger partial charge in [-0.15, -0.1) is 11.8 Å². The zero-order valence-corrected chi connectivity index (χ0v) is 24.1. The van der Waals surface area contributed by atoms with Crippen molar-refractivity contribution in [1.29, 1.82) is 0 Å². The maximum atomic E-state index is 14.8. The van der Waals surface area contributed by atoms with Crippen molar-refractivity contribution < 1.29 is 37.3 Å². The molecule has 5 nitrogen and oxygen atoms in total. The first-order chi connectivity index (χ1) is 16.9. The molecule has 2 aromatic carbocycles. The van der Waals surface area contributed by atoms with Gasteiger partial charge in [-0.1, -0.05) is 29.3 Å². The van der Waals surface area contributed by atoms with Crippen LogP contribution in [0, 0.1) is 0 Å². The Kier molecular flexibility index (Phi) is 8.62. The third-order valence-corrected chi connectivity index (χ3v) is 8.57. The number of ether oxygens (including phenoxy) is 2. The number of rotatable bonds is 5. The van der Waals surface area contributed by atoms with Gasteiger partial charge in [0.2, 0.25) is 0 Å². The molecule has 37 heavy (non-hydrogen) atoms. The summed E-state index contributed by atoms with van der Waals surface area (Å²) in [5.41, 5.74) is -3.34. The zero-order chi connectivity index (χ0) is 28.0. The van der Waals surface area contributed by atoms with E-state index in [0.29, 0.717) is 0 Å². The van der Waals surface area contributed by atoms with E-state index in [9.17, 15) is 27.9 Å². The minimum Gasteiger partial charge on any atom is -0.465 e. The topological polar surface area (TPSA) is 72.8 Å². The van der Waals surface area contributed by atoms with Gasteiger partial charge in [0, 0.05) is 20.9 Å². The molecule has 3 unspecified atom stereocenters. The second kappa shape index (κ2) is 10.6. The Morgan fingerprint density at radius 1 is 1.11 bits per heavy atom. The van der Waals surface area contributed by atoms with Gasteiger partial charge in [-0.25, -0.2) is 4.79 Å². The van der Waals surface area contributed by atoms with Crippen molar-refractivity contribution in [2.45, 2.75) is 61.5 Å². The molecule has 1 fully saturated rings. The number of carbonyl (C=O) groups excluding carboxylic acids is 2. The largest absolute Gasteiger partial charge is 0.465 e. The average Bonchev–Trinajstić information content (AvgIpc) is 3.08. The molecule has 0 bridgehead atoms. The fraction of sp³-hybridized carbons (Fsp3) is 0.440. The summed E-state index contributed by atoms with van der Waals surface area (Å²) in [7, 11) is 0. The van der Waals surface area contributed by atoms with Gasteiger partial charge < -0.3 is 14.6 Å². The lowest BCUT2D eigenvalue weighted by Gasteiger charge is -2.33. The first-order valence-corrected chi connectivity index (χ1v) is 13.5. The maximum absolute atomic E-state index is 14.8. The minimum atomic E-state index is -4.92. The molecule has 0 aromatic heterocycles. The van der Waals surface area contributed by atoms with Crippen molar-refractivity contribution >= 4 is 62.8 Å². The van der Waals surface area contributed by atoms with Crippen molar-refractivity contribution in [3.05, 3.63) is 67.6 Å². The molecular formula is C25H24BrCl2F3O5S. The second-order valence-electron chi connectivity index (χ2n) is 9.53. The zero-order valence-electron chi connectivity index (χ0n) is 20.2. The summed E-state index contributed by atoms with van der Waals surface area (Å²) in [4.78, 5) is 25.5. The number of benzene rings is 2. The number of hydrogen-bond donors (Lipinski definition) is 1. The molecule has 3 atom stereocenters. The van der Waals surface area contributed by atoms with E-state index in [1.807, 2.05) is 0 Å². The van der Waals surface area contributed by atoms with Gasteiger partial charge in [0.25, 0.3) is 0 Å². The highest BCUT2D eigenvalue weighted by Crippen LogP contribution is 2.65. The molecule has 12 heteroatoms. The molecular weight excluding hydrogens is 620 g/mol. The Morgan fingerprint density at radius 3 is 2.19 bits per heavy atom. The normalized spacial score (nSPS) is 24.1. The number of thioether (sulfide) groups is 1. The van der Waals surface area contributed by atoms with Crippen LogP contribution in [0.3, 0.4) is 0 Å². The van der Waals surface area contributed by atoms with E-state index in [-0.39, 0.29) is 49.6 Å². The number of carbonyl (C=O) groups is 2. The monoisotopic (exact) mass is 642 g/mol. The number of alkyl halides is 3. The second-order valence-corrected chi connectivity index (χ2v) is 12.7. The highest BCUT2D eigenvalue weighted by Gasteiger charge is 2.69. The van der Waals surface area contributed by atoms with Crippen LogP contribution in [0.25, 0.3) is 0 Å². The van der Waals surface area contributed by atoms with Crippen molar-refractivity contribution in [3.8, 4) is 0 Å². The Balaban J connectivity index is 2.18. The third kappa shape index (κ3) is 6.08. The van der Waals surface area contributed by atoms with E-state index in [4.69, 9.17) is 32.7 Å². The van der Waals surface area contributed by atoms with E-state index in [2.05, 4.69) is 15.9 Å².